The number of allylic oxidation sites excluding steroid dienone is 4. The summed E-state index contributed by atoms with van der Waals surface area (Å²) in [5, 5.41) is 31.0. The monoisotopic (exact) mass is 695 g/mol. The van der Waals surface area contributed by atoms with E-state index in [0.29, 0.717) is 16.7 Å². The molecule has 1 saturated heterocycles. The average Bonchev–Trinajstić information content (AvgIpc) is 3.41. The number of amides is 2. The van der Waals surface area contributed by atoms with Gasteiger partial charge >= 0.3 is 5.97 Å². The molecule has 6 atom stereocenters. The predicted molar refractivity (Wildman–Crippen MR) is 189 cm³/mol. The molecule has 4 aromatic rings. The van der Waals surface area contributed by atoms with Gasteiger partial charge < -0.3 is 20.1 Å². The Labute approximate surface area is 298 Å². The lowest BCUT2D eigenvalue weighted by Gasteiger charge is -2.55. The third kappa shape index (κ3) is 4.67. The highest BCUT2D eigenvalue weighted by molar-refractivity contribution is 6.32. The van der Waals surface area contributed by atoms with E-state index >= 15 is 9.59 Å². The number of ether oxygens (including phenoxy) is 1. The Hall–Kier alpha value is -6.29. The number of anilines is 1. The highest BCUT2D eigenvalue weighted by Crippen LogP contribution is 2.64. The molecule has 1 aliphatic heterocycles. The van der Waals surface area contributed by atoms with Crippen LogP contribution in [0.2, 0.25) is 0 Å². The van der Waals surface area contributed by atoms with Gasteiger partial charge in [0.1, 0.15) is 11.3 Å². The summed E-state index contributed by atoms with van der Waals surface area (Å²) in [6, 6.07) is 26.5. The second-order valence-corrected chi connectivity index (χ2v) is 13.7. The number of hydrogen-bond donors (Lipinski definition) is 3. The molecule has 0 radical (unpaired) electrons. The number of Topliss-reactive ketones (excluding diaryl/α,β-unsaturated/α-hetero) is 1. The molecule has 0 spiro atoms. The maximum Gasteiger partial charge on any atom is 0.339 e. The number of phenolic OH excluding ortho intramolecular Hbond substituents is 1. The first-order valence-electron chi connectivity index (χ1n) is 17.0. The van der Waals surface area contributed by atoms with Crippen LogP contribution in [0, 0.1) is 23.7 Å². The van der Waals surface area contributed by atoms with Crippen molar-refractivity contribution >= 4 is 40.6 Å². The molecule has 8 rings (SSSR count). The lowest BCUT2D eigenvalue weighted by Crippen LogP contribution is -2.58. The minimum atomic E-state index is -1.46. The van der Waals surface area contributed by atoms with Crippen LogP contribution in [0.1, 0.15) is 45.8 Å². The summed E-state index contributed by atoms with van der Waals surface area (Å²) in [6.07, 6.45) is 3.60. The van der Waals surface area contributed by atoms with Crippen LogP contribution in [0.4, 0.5) is 5.69 Å². The lowest BCUT2D eigenvalue weighted by atomic mass is 9.44. The van der Waals surface area contributed by atoms with Gasteiger partial charge in [-0.05, 0) is 65.8 Å². The molecule has 3 aliphatic carbocycles. The number of rotatable bonds is 6. The first-order valence-corrected chi connectivity index (χ1v) is 17.0. The Bertz CT molecular complexity index is 2260. The largest absolute Gasteiger partial charge is 0.507 e. The first-order chi connectivity index (χ1) is 25.1. The van der Waals surface area contributed by atoms with Gasteiger partial charge in [0.05, 0.1) is 30.0 Å². The van der Waals surface area contributed by atoms with Gasteiger partial charge in [0.2, 0.25) is 11.8 Å². The van der Waals surface area contributed by atoms with Crippen molar-refractivity contribution in [3.8, 4) is 17.2 Å². The van der Waals surface area contributed by atoms with Crippen molar-refractivity contribution in [2.45, 2.75) is 24.2 Å². The number of benzene rings is 4. The van der Waals surface area contributed by atoms with E-state index in [-0.39, 0.29) is 52.7 Å². The van der Waals surface area contributed by atoms with E-state index in [1.54, 1.807) is 36.4 Å². The van der Waals surface area contributed by atoms with Crippen molar-refractivity contribution in [1.29, 1.82) is 0 Å². The summed E-state index contributed by atoms with van der Waals surface area (Å²) < 4.78 is 5.34. The number of imide groups is 1. The van der Waals surface area contributed by atoms with Crippen LogP contribution in [0.25, 0.3) is 5.57 Å². The molecule has 4 aliphatic rings. The average molecular weight is 696 g/mol. The summed E-state index contributed by atoms with van der Waals surface area (Å²) in [6.45, 7) is 0. The number of carbonyl (C=O) groups excluding carboxylic acids is 4. The molecule has 10 heteroatoms. The Morgan fingerprint density at radius 3 is 2.19 bits per heavy atom. The number of phenols is 2. The number of ketones is 2. The molecule has 260 valence electrons. The Morgan fingerprint density at radius 2 is 1.54 bits per heavy atom. The van der Waals surface area contributed by atoms with E-state index in [1.807, 2.05) is 42.5 Å². The molecule has 3 N–H and O–H groups in total. The summed E-state index contributed by atoms with van der Waals surface area (Å²) in [5.74, 6) is -7.62. The number of hydrogen-bond acceptors (Lipinski definition) is 8. The van der Waals surface area contributed by atoms with E-state index in [4.69, 9.17) is 4.74 Å². The van der Waals surface area contributed by atoms with E-state index in [9.17, 15) is 29.7 Å². The molecule has 1 saturated carbocycles. The molecule has 2 fully saturated rings. The number of aromatic carboxylic acids is 1. The summed E-state index contributed by atoms with van der Waals surface area (Å²) in [5.41, 5.74) is 0.941. The topological polar surface area (TPSA) is 159 Å². The number of nitrogens with zero attached hydrogens (tertiary/aromatic N) is 1. The summed E-state index contributed by atoms with van der Waals surface area (Å²) in [7, 11) is 1.43. The van der Waals surface area contributed by atoms with Crippen molar-refractivity contribution in [2.75, 3.05) is 12.0 Å². The summed E-state index contributed by atoms with van der Waals surface area (Å²) >= 11 is 0. The van der Waals surface area contributed by atoms with Crippen molar-refractivity contribution < 1.29 is 44.0 Å². The molecule has 1 heterocycles. The maximum atomic E-state index is 15.1. The number of aromatic hydroxyl groups is 2. The van der Waals surface area contributed by atoms with Crippen molar-refractivity contribution in [3.05, 3.63) is 137 Å². The third-order valence-electron chi connectivity index (χ3n) is 11.4. The van der Waals surface area contributed by atoms with Crippen LogP contribution >= 0.6 is 0 Å². The van der Waals surface area contributed by atoms with Crippen LogP contribution in [0.3, 0.4) is 0 Å². The van der Waals surface area contributed by atoms with Crippen LogP contribution in [0.5, 0.6) is 17.2 Å². The van der Waals surface area contributed by atoms with Gasteiger partial charge in [-0.1, -0.05) is 78.4 Å². The van der Waals surface area contributed by atoms with Crippen molar-refractivity contribution in [2.24, 2.45) is 23.7 Å². The second-order valence-electron chi connectivity index (χ2n) is 13.7. The zero-order valence-electron chi connectivity index (χ0n) is 27.9. The lowest BCUT2D eigenvalue weighted by molar-refractivity contribution is -0.135. The maximum absolute atomic E-state index is 15.1. The predicted octanol–water partition coefficient (Wildman–Crippen LogP) is 5.83. The Kier molecular flexibility index (Phi) is 7.71. The zero-order valence-corrected chi connectivity index (χ0v) is 27.9. The van der Waals surface area contributed by atoms with E-state index in [0.717, 1.165) is 22.6 Å². The van der Waals surface area contributed by atoms with Crippen LogP contribution in [-0.2, 0) is 24.6 Å². The normalized spacial score (nSPS) is 26.6. The van der Waals surface area contributed by atoms with Gasteiger partial charge in [-0.25, -0.2) is 9.69 Å². The molecular formula is C42H33NO9. The molecule has 6 unspecified atom stereocenters. The van der Waals surface area contributed by atoms with Crippen LogP contribution in [0.15, 0.2) is 115 Å². The highest BCUT2D eigenvalue weighted by Gasteiger charge is 2.66. The Balaban J connectivity index is 1.33. The number of fused-ring (bicyclic) bond motifs is 4. The Morgan fingerprint density at radius 1 is 0.827 bits per heavy atom. The quantitative estimate of drug-likeness (QED) is 0.167. The smallest absolute Gasteiger partial charge is 0.339 e. The van der Waals surface area contributed by atoms with Crippen molar-refractivity contribution in [1.82, 2.24) is 0 Å². The van der Waals surface area contributed by atoms with Gasteiger partial charge in [-0.15, -0.1) is 0 Å². The second kappa shape index (κ2) is 12.2. The van der Waals surface area contributed by atoms with E-state index < -0.39 is 58.5 Å². The highest BCUT2D eigenvalue weighted by atomic mass is 16.5. The SMILES string of the molecule is COc1ccc(C2C3=CCC4C(=O)N(c5ccc(C(=O)O)c(O)c5)C(=O)C4C3CC3C(=O)C(c4ccccc4)=CC(=O)C32c2ccccc2)cc1O. The summed E-state index contributed by atoms with van der Waals surface area (Å²) in [4.78, 5) is 71.2. The molecular weight excluding hydrogens is 662 g/mol. The molecule has 0 aromatic heterocycles. The standard InChI is InChI=1S/C42H33NO9/c1-52-34-17-12-23(18-33(34)45)37-26-15-16-28-36(40(49)43(39(28)48)25-13-14-27(41(50)51)32(44)19-25)30(26)20-31-38(47)29(22-8-4-2-5-9-22)21-35(46)42(31,37)24-10-6-3-7-11-24/h2-15,17-19,21,28,30-31,36-37,44-45H,16,20H2,1H3,(H,50,51). The van der Waals surface area contributed by atoms with Gasteiger partial charge in [-0.2, -0.15) is 0 Å². The fraction of sp³-hybridized carbons (Fsp3) is 0.214. The van der Waals surface area contributed by atoms with Crippen molar-refractivity contribution in [3.63, 3.8) is 0 Å². The first kappa shape index (κ1) is 32.9. The number of carboxylic acids is 1. The molecule has 52 heavy (non-hydrogen) atoms. The van der Waals surface area contributed by atoms with Crippen LogP contribution in [-0.4, -0.2) is 51.8 Å². The molecule has 0 bridgehead atoms. The zero-order chi connectivity index (χ0) is 36.5. The molecule has 10 nitrogen and oxygen atoms in total. The van der Waals surface area contributed by atoms with E-state index in [2.05, 4.69) is 0 Å². The van der Waals surface area contributed by atoms with Gasteiger partial charge in [-0.3, -0.25) is 19.2 Å². The van der Waals surface area contributed by atoms with E-state index in [1.165, 1.54) is 25.3 Å². The van der Waals surface area contributed by atoms with Gasteiger partial charge in [0.25, 0.3) is 0 Å². The number of methoxy groups -OCH3 is 1. The minimum Gasteiger partial charge on any atom is -0.507 e. The number of carbonyl (C=O) groups is 5. The minimum absolute atomic E-state index is 0.0396. The third-order valence-corrected chi connectivity index (χ3v) is 11.4. The number of carboxylic acid groups (broad SMARTS) is 1. The fourth-order valence-electron chi connectivity index (χ4n) is 9.23. The van der Waals surface area contributed by atoms with Crippen LogP contribution < -0.4 is 9.64 Å². The molecule has 2 amide bonds. The molecule has 4 aromatic carbocycles. The van der Waals surface area contributed by atoms with Gasteiger partial charge in [0, 0.05) is 23.5 Å². The fourth-order valence-corrected chi connectivity index (χ4v) is 9.23. The van der Waals surface area contributed by atoms with Gasteiger partial charge in [0.15, 0.2) is 23.1 Å².